The van der Waals surface area contributed by atoms with E-state index in [4.69, 9.17) is 5.73 Å². The number of nitrogens with one attached hydrogen (secondary N) is 2. The standard InChI is InChI=1S/C12H17N3O2.ClH/c1-8(13)11(16)15-7-9-3-5-10(6-4-9)12(17)14-2;/h3-6,8H,7,13H2,1-2H3,(H,14,17)(H,15,16);1H. The van der Waals surface area contributed by atoms with Crippen LogP contribution in [0.3, 0.4) is 0 Å². The van der Waals surface area contributed by atoms with Gasteiger partial charge in [-0.25, -0.2) is 0 Å². The van der Waals surface area contributed by atoms with Gasteiger partial charge in [-0.05, 0) is 24.6 Å². The molecule has 0 fully saturated rings. The summed E-state index contributed by atoms with van der Waals surface area (Å²) < 4.78 is 0. The molecule has 0 saturated carbocycles. The van der Waals surface area contributed by atoms with E-state index in [2.05, 4.69) is 10.6 Å². The summed E-state index contributed by atoms with van der Waals surface area (Å²) in [6.07, 6.45) is 0. The third kappa shape index (κ3) is 4.73. The number of amides is 2. The van der Waals surface area contributed by atoms with Gasteiger partial charge in [0, 0.05) is 19.2 Å². The van der Waals surface area contributed by atoms with Crippen molar-refractivity contribution in [2.24, 2.45) is 5.73 Å². The highest BCUT2D eigenvalue weighted by molar-refractivity contribution is 5.93. The molecule has 1 rings (SSSR count). The Morgan fingerprint density at radius 2 is 1.83 bits per heavy atom. The maximum atomic E-state index is 11.3. The first-order valence-electron chi connectivity index (χ1n) is 5.39. The van der Waals surface area contributed by atoms with Crippen LogP contribution in [0.1, 0.15) is 22.8 Å². The lowest BCUT2D eigenvalue weighted by atomic mass is 10.1. The monoisotopic (exact) mass is 271 g/mol. The van der Waals surface area contributed by atoms with E-state index in [1.807, 2.05) is 0 Å². The van der Waals surface area contributed by atoms with Gasteiger partial charge in [-0.1, -0.05) is 12.1 Å². The molecule has 1 aromatic carbocycles. The third-order valence-corrected chi connectivity index (χ3v) is 2.32. The number of halogens is 1. The van der Waals surface area contributed by atoms with Crippen molar-refractivity contribution >= 4 is 24.2 Å². The van der Waals surface area contributed by atoms with Gasteiger partial charge in [0.1, 0.15) is 0 Å². The summed E-state index contributed by atoms with van der Waals surface area (Å²) in [6, 6.07) is 6.51. The van der Waals surface area contributed by atoms with Crippen molar-refractivity contribution < 1.29 is 9.59 Å². The second kappa shape index (κ2) is 7.68. The molecule has 1 aromatic rings. The van der Waals surface area contributed by atoms with Crippen LogP contribution in [0.2, 0.25) is 0 Å². The van der Waals surface area contributed by atoms with Gasteiger partial charge in [-0.2, -0.15) is 0 Å². The zero-order valence-corrected chi connectivity index (χ0v) is 11.2. The summed E-state index contributed by atoms with van der Waals surface area (Å²) in [5.74, 6) is -0.323. The molecule has 18 heavy (non-hydrogen) atoms. The van der Waals surface area contributed by atoms with Crippen molar-refractivity contribution in [1.29, 1.82) is 0 Å². The molecular formula is C12H18ClN3O2. The second-order valence-electron chi connectivity index (χ2n) is 3.78. The number of hydrogen-bond acceptors (Lipinski definition) is 3. The Hall–Kier alpha value is -1.59. The topological polar surface area (TPSA) is 84.2 Å². The van der Waals surface area contributed by atoms with E-state index >= 15 is 0 Å². The van der Waals surface area contributed by atoms with Crippen molar-refractivity contribution in [3.05, 3.63) is 35.4 Å². The quantitative estimate of drug-likeness (QED) is 0.743. The molecular weight excluding hydrogens is 254 g/mol. The van der Waals surface area contributed by atoms with Gasteiger partial charge in [0.2, 0.25) is 5.91 Å². The number of hydrogen-bond donors (Lipinski definition) is 3. The fourth-order valence-corrected chi connectivity index (χ4v) is 1.27. The van der Waals surface area contributed by atoms with Gasteiger partial charge in [-0.3, -0.25) is 9.59 Å². The lowest BCUT2D eigenvalue weighted by Crippen LogP contribution is -2.37. The SMILES string of the molecule is CNC(=O)c1ccc(CNC(=O)C(C)N)cc1.Cl. The first-order valence-corrected chi connectivity index (χ1v) is 5.39. The maximum absolute atomic E-state index is 11.3. The Bertz CT molecular complexity index is 404. The molecule has 0 aliphatic carbocycles. The highest BCUT2D eigenvalue weighted by Crippen LogP contribution is 2.04. The molecule has 0 aliphatic heterocycles. The van der Waals surface area contributed by atoms with Crippen LogP contribution >= 0.6 is 12.4 Å². The van der Waals surface area contributed by atoms with Gasteiger partial charge in [0.15, 0.2) is 0 Å². The van der Waals surface area contributed by atoms with Crippen molar-refractivity contribution in [3.8, 4) is 0 Å². The molecule has 0 bridgehead atoms. The minimum Gasteiger partial charge on any atom is -0.355 e. The van der Waals surface area contributed by atoms with Gasteiger partial charge in [-0.15, -0.1) is 12.4 Å². The number of nitrogens with two attached hydrogens (primary N) is 1. The van der Waals surface area contributed by atoms with E-state index < -0.39 is 6.04 Å². The average Bonchev–Trinajstić information content (AvgIpc) is 2.35. The summed E-state index contributed by atoms with van der Waals surface area (Å²) in [4.78, 5) is 22.5. The lowest BCUT2D eigenvalue weighted by molar-refractivity contribution is -0.122. The zero-order valence-electron chi connectivity index (χ0n) is 10.4. The minimum absolute atomic E-state index is 0. The normalized spacial score (nSPS) is 11.1. The number of carbonyl (C=O) groups is 2. The fourth-order valence-electron chi connectivity index (χ4n) is 1.27. The molecule has 0 radical (unpaired) electrons. The molecule has 1 atom stereocenters. The van der Waals surface area contributed by atoms with Crippen molar-refractivity contribution in [1.82, 2.24) is 10.6 Å². The molecule has 5 nitrogen and oxygen atoms in total. The van der Waals surface area contributed by atoms with Crippen LogP contribution in [0, 0.1) is 0 Å². The van der Waals surface area contributed by atoms with Gasteiger partial charge in [0.25, 0.3) is 5.91 Å². The lowest BCUT2D eigenvalue weighted by Gasteiger charge is -2.08. The Morgan fingerprint density at radius 3 is 2.28 bits per heavy atom. The van der Waals surface area contributed by atoms with E-state index in [0.29, 0.717) is 12.1 Å². The van der Waals surface area contributed by atoms with Gasteiger partial charge in [0.05, 0.1) is 6.04 Å². The highest BCUT2D eigenvalue weighted by Gasteiger charge is 2.06. The van der Waals surface area contributed by atoms with Crippen LogP contribution in [0.15, 0.2) is 24.3 Å². The van der Waals surface area contributed by atoms with Crippen molar-refractivity contribution in [2.45, 2.75) is 19.5 Å². The zero-order chi connectivity index (χ0) is 12.8. The van der Waals surface area contributed by atoms with Crippen LogP contribution in [0.5, 0.6) is 0 Å². The maximum Gasteiger partial charge on any atom is 0.251 e. The first kappa shape index (κ1) is 16.4. The summed E-state index contributed by atoms with van der Waals surface area (Å²) in [7, 11) is 1.58. The van der Waals surface area contributed by atoms with Crippen LogP contribution in [-0.4, -0.2) is 24.9 Å². The Balaban J connectivity index is 0.00000289. The summed E-state index contributed by atoms with van der Waals surface area (Å²) >= 11 is 0. The average molecular weight is 272 g/mol. The molecule has 4 N–H and O–H groups in total. The molecule has 6 heteroatoms. The number of rotatable bonds is 4. The number of benzene rings is 1. The minimum atomic E-state index is -0.514. The van der Waals surface area contributed by atoms with Crippen molar-refractivity contribution in [3.63, 3.8) is 0 Å². The fraction of sp³-hybridized carbons (Fsp3) is 0.333. The first-order chi connectivity index (χ1) is 8.04. The van der Waals surface area contributed by atoms with Gasteiger partial charge >= 0.3 is 0 Å². The van der Waals surface area contributed by atoms with Crippen LogP contribution < -0.4 is 16.4 Å². The van der Waals surface area contributed by atoms with E-state index in [9.17, 15) is 9.59 Å². The summed E-state index contributed by atoms with van der Waals surface area (Å²) in [6.45, 7) is 2.04. The molecule has 0 spiro atoms. The van der Waals surface area contributed by atoms with E-state index in [0.717, 1.165) is 5.56 Å². The second-order valence-corrected chi connectivity index (χ2v) is 3.78. The number of carbonyl (C=O) groups excluding carboxylic acids is 2. The Labute approximate surface area is 113 Å². The molecule has 1 unspecified atom stereocenters. The van der Waals surface area contributed by atoms with Crippen LogP contribution in [0.4, 0.5) is 0 Å². The predicted octanol–water partition coefficient (Wildman–Crippen LogP) is 0.431. The molecule has 0 saturated heterocycles. The smallest absolute Gasteiger partial charge is 0.251 e. The third-order valence-electron chi connectivity index (χ3n) is 2.32. The highest BCUT2D eigenvalue weighted by atomic mass is 35.5. The van der Waals surface area contributed by atoms with Gasteiger partial charge < -0.3 is 16.4 Å². The Kier molecular flexibility index (Phi) is 7.00. The van der Waals surface area contributed by atoms with E-state index in [-0.39, 0.29) is 24.2 Å². The molecule has 2 amide bonds. The molecule has 0 aliphatic rings. The largest absolute Gasteiger partial charge is 0.355 e. The molecule has 100 valence electrons. The van der Waals surface area contributed by atoms with E-state index in [1.54, 1.807) is 38.2 Å². The molecule has 0 heterocycles. The summed E-state index contributed by atoms with van der Waals surface area (Å²) in [5.41, 5.74) is 6.93. The van der Waals surface area contributed by atoms with Crippen molar-refractivity contribution in [2.75, 3.05) is 7.05 Å². The molecule has 0 aromatic heterocycles. The van der Waals surface area contributed by atoms with E-state index in [1.165, 1.54) is 0 Å². The Morgan fingerprint density at radius 1 is 1.28 bits per heavy atom. The van der Waals surface area contributed by atoms with Crippen LogP contribution in [-0.2, 0) is 11.3 Å². The predicted molar refractivity (Wildman–Crippen MR) is 72.6 cm³/mol. The van der Waals surface area contributed by atoms with Crippen LogP contribution in [0.25, 0.3) is 0 Å². The summed E-state index contributed by atoms with van der Waals surface area (Å²) in [5, 5.41) is 5.24.